The Morgan fingerprint density at radius 2 is 1.50 bits per heavy atom. The summed E-state index contributed by atoms with van der Waals surface area (Å²) in [5.41, 5.74) is 5.68. The van der Waals surface area contributed by atoms with Crippen LogP contribution in [-0.4, -0.2) is 0 Å². The second-order valence-corrected chi connectivity index (χ2v) is 5.57. The van der Waals surface area contributed by atoms with Gasteiger partial charge in [-0.25, -0.2) is 0 Å². The second-order valence-electron chi connectivity index (χ2n) is 4.73. The molecule has 0 aromatic heterocycles. The van der Waals surface area contributed by atoms with E-state index in [0.717, 1.165) is 27.3 Å². The monoisotopic (exact) mass is 278 g/mol. The molecule has 2 aromatic carbocycles. The van der Waals surface area contributed by atoms with Crippen LogP contribution in [0, 0.1) is 20.8 Å². The molecule has 0 aliphatic heterocycles. The maximum Gasteiger partial charge on any atom is 0.0838 e. The standard InChI is InChI=1S/C16H16Cl2/c1-10-4-6-13(7-5-10)16(18)14-8-12(3)15(17)9-11(14)2/h4-9,16H,1-3H3. The van der Waals surface area contributed by atoms with E-state index in [9.17, 15) is 0 Å². The lowest BCUT2D eigenvalue weighted by Crippen LogP contribution is -1.97. The maximum atomic E-state index is 6.57. The van der Waals surface area contributed by atoms with Gasteiger partial charge in [-0.1, -0.05) is 47.5 Å². The van der Waals surface area contributed by atoms with Crippen molar-refractivity contribution in [2.75, 3.05) is 0 Å². The highest BCUT2D eigenvalue weighted by Gasteiger charge is 2.14. The summed E-state index contributed by atoms with van der Waals surface area (Å²) in [4.78, 5) is 0. The van der Waals surface area contributed by atoms with Crippen molar-refractivity contribution >= 4 is 23.2 Å². The summed E-state index contributed by atoms with van der Waals surface area (Å²) in [7, 11) is 0. The fraction of sp³-hybridized carbons (Fsp3) is 0.250. The third-order valence-corrected chi connectivity index (χ3v) is 4.08. The Morgan fingerprint density at radius 1 is 0.889 bits per heavy atom. The number of benzene rings is 2. The van der Waals surface area contributed by atoms with Gasteiger partial charge in [0.15, 0.2) is 0 Å². The van der Waals surface area contributed by atoms with E-state index in [-0.39, 0.29) is 5.38 Å². The normalized spacial score (nSPS) is 12.5. The van der Waals surface area contributed by atoms with Gasteiger partial charge in [-0.05, 0) is 49.1 Å². The zero-order valence-electron chi connectivity index (χ0n) is 10.8. The third-order valence-electron chi connectivity index (χ3n) is 3.19. The molecule has 0 N–H and O–H groups in total. The van der Waals surface area contributed by atoms with Crippen LogP contribution in [0.25, 0.3) is 0 Å². The number of halogens is 2. The van der Waals surface area contributed by atoms with E-state index in [0.29, 0.717) is 0 Å². The molecule has 2 rings (SSSR count). The van der Waals surface area contributed by atoms with Gasteiger partial charge in [-0.3, -0.25) is 0 Å². The molecule has 2 heteroatoms. The van der Waals surface area contributed by atoms with Crippen LogP contribution in [0.3, 0.4) is 0 Å². The summed E-state index contributed by atoms with van der Waals surface area (Å²) in [5.74, 6) is 0. The van der Waals surface area contributed by atoms with Gasteiger partial charge < -0.3 is 0 Å². The molecule has 0 radical (unpaired) electrons. The summed E-state index contributed by atoms with van der Waals surface area (Å²) < 4.78 is 0. The van der Waals surface area contributed by atoms with Gasteiger partial charge in [-0.2, -0.15) is 0 Å². The van der Waals surface area contributed by atoms with E-state index >= 15 is 0 Å². The van der Waals surface area contributed by atoms with E-state index in [1.54, 1.807) is 0 Å². The van der Waals surface area contributed by atoms with Gasteiger partial charge in [0.2, 0.25) is 0 Å². The van der Waals surface area contributed by atoms with Crippen LogP contribution < -0.4 is 0 Å². The zero-order chi connectivity index (χ0) is 13.3. The van der Waals surface area contributed by atoms with Crippen LogP contribution >= 0.6 is 23.2 Å². The lowest BCUT2D eigenvalue weighted by Gasteiger charge is -2.15. The number of alkyl halides is 1. The lowest BCUT2D eigenvalue weighted by molar-refractivity contribution is 1.10. The summed E-state index contributed by atoms with van der Waals surface area (Å²) >= 11 is 12.7. The molecule has 94 valence electrons. The number of rotatable bonds is 2. The van der Waals surface area contributed by atoms with Crippen LogP contribution in [0.15, 0.2) is 36.4 Å². The molecule has 18 heavy (non-hydrogen) atoms. The summed E-state index contributed by atoms with van der Waals surface area (Å²) in [6.07, 6.45) is 0. The molecule has 0 bridgehead atoms. The summed E-state index contributed by atoms with van der Waals surface area (Å²) in [5, 5.41) is 0.672. The Labute approximate surface area is 119 Å². The first-order valence-electron chi connectivity index (χ1n) is 5.96. The quantitative estimate of drug-likeness (QED) is 0.628. The van der Waals surface area contributed by atoms with Crippen molar-refractivity contribution in [2.24, 2.45) is 0 Å². The second kappa shape index (κ2) is 5.34. The van der Waals surface area contributed by atoms with Gasteiger partial charge >= 0.3 is 0 Å². The largest absolute Gasteiger partial charge is 0.113 e. The molecule has 0 saturated carbocycles. The first-order valence-corrected chi connectivity index (χ1v) is 6.78. The van der Waals surface area contributed by atoms with Gasteiger partial charge in [0.05, 0.1) is 5.38 Å². The fourth-order valence-electron chi connectivity index (χ4n) is 1.99. The molecule has 0 spiro atoms. The van der Waals surface area contributed by atoms with Crippen LogP contribution in [0.2, 0.25) is 5.02 Å². The molecule has 2 aromatic rings. The number of aryl methyl sites for hydroxylation is 3. The van der Waals surface area contributed by atoms with E-state index in [4.69, 9.17) is 23.2 Å². The van der Waals surface area contributed by atoms with Gasteiger partial charge in [0.25, 0.3) is 0 Å². The molecular weight excluding hydrogens is 263 g/mol. The van der Waals surface area contributed by atoms with Crippen LogP contribution in [0.4, 0.5) is 0 Å². The topological polar surface area (TPSA) is 0 Å². The smallest absolute Gasteiger partial charge is 0.0838 e. The summed E-state index contributed by atoms with van der Waals surface area (Å²) in [6, 6.07) is 12.4. The van der Waals surface area contributed by atoms with Crippen molar-refractivity contribution in [3.8, 4) is 0 Å². The highest BCUT2D eigenvalue weighted by atomic mass is 35.5. The number of hydrogen-bond acceptors (Lipinski definition) is 0. The Hall–Kier alpha value is -0.980. The zero-order valence-corrected chi connectivity index (χ0v) is 12.3. The average molecular weight is 279 g/mol. The third kappa shape index (κ3) is 2.71. The Bertz CT molecular complexity index is 556. The first kappa shape index (κ1) is 13.5. The molecule has 0 saturated heterocycles. The first-order chi connectivity index (χ1) is 8.49. The molecule has 0 aliphatic carbocycles. The van der Waals surface area contributed by atoms with E-state index in [2.05, 4.69) is 37.3 Å². The highest BCUT2D eigenvalue weighted by Crippen LogP contribution is 2.33. The maximum absolute atomic E-state index is 6.57. The molecule has 1 atom stereocenters. The molecule has 0 nitrogen and oxygen atoms in total. The van der Waals surface area contributed by atoms with Crippen LogP contribution in [0.5, 0.6) is 0 Å². The molecule has 1 unspecified atom stereocenters. The minimum Gasteiger partial charge on any atom is -0.113 e. The van der Waals surface area contributed by atoms with Crippen molar-refractivity contribution in [2.45, 2.75) is 26.1 Å². The van der Waals surface area contributed by atoms with Crippen LogP contribution in [0.1, 0.15) is 33.2 Å². The fourth-order valence-corrected chi connectivity index (χ4v) is 2.59. The van der Waals surface area contributed by atoms with Crippen molar-refractivity contribution in [3.63, 3.8) is 0 Å². The van der Waals surface area contributed by atoms with Gasteiger partial charge in [-0.15, -0.1) is 11.6 Å². The predicted molar refractivity (Wildman–Crippen MR) is 79.8 cm³/mol. The summed E-state index contributed by atoms with van der Waals surface area (Å²) in [6.45, 7) is 6.12. The Morgan fingerprint density at radius 3 is 2.11 bits per heavy atom. The Kier molecular flexibility index (Phi) is 3.99. The molecule has 0 aliphatic rings. The predicted octanol–water partition coefficient (Wildman–Crippen LogP) is 5.59. The van der Waals surface area contributed by atoms with Gasteiger partial charge in [0, 0.05) is 5.02 Å². The molecule has 0 fully saturated rings. The van der Waals surface area contributed by atoms with Crippen LogP contribution in [-0.2, 0) is 0 Å². The minimum absolute atomic E-state index is 0.124. The SMILES string of the molecule is Cc1ccc(C(Cl)c2cc(C)c(Cl)cc2C)cc1. The van der Waals surface area contributed by atoms with E-state index in [1.807, 2.05) is 19.9 Å². The van der Waals surface area contributed by atoms with Crippen molar-refractivity contribution < 1.29 is 0 Å². The molecular formula is C16H16Cl2. The van der Waals surface area contributed by atoms with Crippen molar-refractivity contribution in [1.29, 1.82) is 0 Å². The van der Waals surface area contributed by atoms with E-state index in [1.165, 1.54) is 5.56 Å². The Balaban J connectivity index is 2.42. The highest BCUT2D eigenvalue weighted by molar-refractivity contribution is 6.31. The number of hydrogen-bond donors (Lipinski definition) is 0. The molecule has 0 amide bonds. The minimum atomic E-state index is -0.124. The lowest BCUT2D eigenvalue weighted by atomic mass is 9.97. The molecule has 0 heterocycles. The van der Waals surface area contributed by atoms with Crippen molar-refractivity contribution in [1.82, 2.24) is 0 Å². The van der Waals surface area contributed by atoms with E-state index < -0.39 is 0 Å². The van der Waals surface area contributed by atoms with Crippen molar-refractivity contribution in [3.05, 3.63) is 69.2 Å². The average Bonchev–Trinajstić information content (AvgIpc) is 2.34. The van der Waals surface area contributed by atoms with Gasteiger partial charge in [0.1, 0.15) is 0 Å².